The number of hydrogen-bond donors (Lipinski definition) is 0. The van der Waals surface area contributed by atoms with E-state index in [4.69, 9.17) is 16.3 Å². The molecule has 0 atom stereocenters. The van der Waals surface area contributed by atoms with Crippen molar-refractivity contribution in [1.82, 2.24) is 0 Å². The van der Waals surface area contributed by atoms with Crippen LogP contribution in [0.25, 0.3) is 5.76 Å². The number of halogens is 4. The number of sulfonamides is 1. The van der Waals surface area contributed by atoms with Crippen molar-refractivity contribution in [3.05, 3.63) is 58.7 Å². The van der Waals surface area contributed by atoms with E-state index in [2.05, 4.69) is 8.92 Å². The summed E-state index contributed by atoms with van der Waals surface area (Å²) in [6, 6.07) is 7.96. The zero-order chi connectivity index (χ0) is 24.8. The second kappa shape index (κ2) is 8.43. The highest BCUT2D eigenvalue weighted by Crippen LogP contribution is 2.45. The molecule has 2 aromatic carbocycles. The summed E-state index contributed by atoms with van der Waals surface area (Å²) in [5.74, 6) is -2.53. The molecule has 0 amide bonds. The second-order valence-corrected chi connectivity index (χ2v) is 9.94. The Hall–Kier alpha value is -2.97. The number of carbonyl (C=O) groups is 1. The summed E-state index contributed by atoms with van der Waals surface area (Å²) in [4.78, 5) is 12.0. The SMILES string of the molecule is COC(=O)C1=C(OS(=O)(=O)C(F)(F)F)c2ccccc2S(=O)(=O)N1c1ccc(OC)cc1Cl. The molecule has 0 saturated carbocycles. The maximum Gasteiger partial charge on any atom is 0.534 e. The predicted octanol–water partition coefficient (Wildman–Crippen LogP) is 3.27. The number of alkyl halides is 3. The van der Waals surface area contributed by atoms with E-state index in [1.165, 1.54) is 31.4 Å². The van der Waals surface area contributed by atoms with Crippen LogP contribution in [-0.2, 0) is 33.9 Å². The van der Waals surface area contributed by atoms with Gasteiger partial charge < -0.3 is 13.7 Å². The molecule has 0 N–H and O–H groups in total. The van der Waals surface area contributed by atoms with Crippen molar-refractivity contribution in [3.8, 4) is 5.75 Å². The van der Waals surface area contributed by atoms with Crippen LogP contribution in [-0.4, -0.2) is 42.5 Å². The number of anilines is 1. The van der Waals surface area contributed by atoms with Crippen LogP contribution in [0.3, 0.4) is 0 Å². The molecule has 15 heteroatoms. The zero-order valence-corrected chi connectivity index (χ0v) is 19.0. The minimum atomic E-state index is -6.32. The van der Waals surface area contributed by atoms with Gasteiger partial charge in [-0.3, -0.25) is 0 Å². The van der Waals surface area contributed by atoms with Crippen molar-refractivity contribution in [3.63, 3.8) is 0 Å². The first kappa shape index (κ1) is 24.7. The first-order valence-electron chi connectivity index (χ1n) is 8.58. The molecule has 0 radical (unpaired) electrons. The predicted molar refractivity (Wildman–Crippen MR) is 109 cm³/mol. The largest absolute Gasteiger partial charge is 0.534 e. The number of fused-ring (bicyclic) bond motifs is 1. The molecule has 0 spiro atoms. The molecule has 2 aromatic rings. The van der Waals surface area contributed by atoms with Gasteiger partial charge in [0.05, 0.1) is 29.8 Å². The number of methoxy groups -OCH3 is 2. The van der Waals surface area contributed by atoms with Gasteiger partial charge in [0.25, 0.3) is 10.0 Å². The van der Waals surface area contributed by atoms with Gasteiger partial charge in [0.2, 0.25) is 0 Å². The van der Waals surface area contributed by atoms with Crippen LogP contribution in [0.5, 0.6) is 5.75 Å². The van der Waals surface area contributed by atoms with Crippen LogP contribution in [0.4, 0.5) is 18.9 Å². The third-order valence-electron chi connectivity index (χ3n) is 4.30. The van der Waals surface area contributed by atoms with E-state index in [1.807, 2.05) is 0 Å². The Labute approximate surface area is 191 Å². The van der Waals surface area contributed by atoms with E-state index in [1.54, 1.807) is 0 Å². The number of carbonyl (C=O) groups excluding carboxylic acids is 1. The fourth-order valence-electron chi connectivity index (χ4n) is 2.86. The summed E-state index contributed by atoms with van der Waals surface area (Å²) in [6.45, 7) is 0. The molecule has 1 heterocycles. The Morgan fingerprint density at radius 2 is 1.73 bits per heavy atom. The molecule has 9 nitrogen and oxygen atoms in total. The molecule has 3 rings (SSSR count). The van der Waals surface area contributed by atoms with Crippen molar-refractivity contribution >= 4 is 49.2 Å². The Kier molecular flexibility index (Phi) is 6.30. The van der Waals surface area contributed by atoms with Crippen LogP contribution in [0.15, 0.2) is 53.1 Å². The molecule has 178 valence electrons. The molecule has 0 bridgehead atoms. The number of nitrogens with zero attached hydrogens (tertiary/aromatic N) is 1. The lowest BCUT2D eigenvalue weighted by atomic mass is 10.1. The van der Waals surface area contributed by atoms with E-state index in [0.29, 0.717) is 0 Å². The fourth-order valence-corrected chi connectivity index (χ4v) is 5.35. The zero-order valence-electron chi connectivity index (χ0n) is 16.6. The lowest BCUT2D eigenvalue weighted by Gasteiger charge is -2.32. The van der Waals surface area contributed by atoms with Gasteiger partial charge in [0.15, 0.2) is 11.5 Å². The van der Waals surface area contributed by atoms with E-state index >= 15 is 0 Å². The van der Waals surface area contributed by atoms with E-state index < -0.39 is 59.2 Å². The number of rotatable bonds is 5. The molecule has 0 saturated heterocycles. The van der Waals surface area contributed by atoms with Gasteiger partial charge in [-0.1, -0.05) is 23.7 Å². The summed E-state index contributed by atoms with van der Waals surface area (Å²) in [6.07, 6.45) is 0. The molecule has 0 aromatic heterocycles. The van der Waals surface area contributed by atoms with Crippen molar-refractivity contribution in [2.45, 2.75) is 10.4 Å². The van der Waals surface area contributed by atoms with Gasteiger partial charge in [-0.05, 0) is 24.3 Å². The molecular weight excluding hydrogens is 515 g/mol. The first-order chi connectivity index (χ1) is 15.3. The normalized spacial score (nSPS) is 15.6. The maximum atomic E-state index is 13.4. The Morgan fingerprint density at radius 1 is 1.09 bits per heavy atom. The van der Waals surface area contributed by atoms with Gasteiger partial charge in [-0.2, -0.15) is 21.6 Å². The van der Waals surface area contributed by atoms with Crippen molar-refractivity contribution in [2.24, 2.45) is 0 Å². The van der Waals surface area contributed by atoms with Gasteiger partial charge in [-0.25, -0.2) is 17.5 Å². The molecule has 0 aliphatic carbocycles. The maximum absolute atomic E-state index is 13.4. The van der Waals surface area contributed by atoms with Gasteiger partial charge >= 0.3 is 21.6 Å². The van der Waals surface area contributed by atoms with E-state index in [-0.39, 0.29) is 15.1 Å². The fraction of sp³-hybridized carbons (Fsp3) is 0.167. The quantitative estimate of drug-likeness (QED) is 0.330. The summed E-state index contributed by atoms with van der Waals surface area (Å²) in [5, 5.41) is -0.295. The van der Waals surface area contributed by atoms with Gasteiger partial charge in [0, 0.05) is 11.6 Å². The molecule has 0 fully saturated rings. The van der Waals surface area contributed by atoms with Crippen LogP contribution >= 0.6 is 11.6 Å². The number of benzene rings is 2. The smallest absolute Gasteiger partial charge is 0.497 e. The summed E-state index contributed by atoms with van der Waals surface area (Å²) >= 11 is 6.16. The summed E-state index contributed by atoms with van der Waals surface area (Å²) in [5.41, 5.74) is -8.05. The second-order valence-electron chi connectivity index (χ2n) is 6.24. The third-order valence-corrected chi connectivity index (χ3v) is 7.32. The van der Waals surface area contributed by atoms with Crippen LogP contribution in [0, 0.1) is 0 Å². The topological polar surface area (TPSA) is 116 Å². The minimum absolute atomic E-state index is 0.193. The summed E-state index contributed by atoms with van der Waals surface area (Å²) in [7, 11) is -8.92. The molecular formula is C18H13ClF3NO8S2. The first-order valence-corrected chi connectivity index (χ1v) is 11.8. The average Bonchev–Trinajstić information content (AvgIpc) is 2.74. The van der Waals surface area contributed by atoms with E-state index in [0.717, 1.165) is 25.3 Å². The molecule has 33 heavy (non-hydrogen) atoms. The lowest BCUT2D eigenvalue weighted by Crippen LogP contribution is -2.40. The van der Waals surface area contributed by atoms with Crippen LogP contribution < -0.4 is 9.04 Å². The standard InChI is InChI=1S/C18H13ClF3NO8S2/c1-29-10-7-8-13(12(19)9-10)23-15(17(24)30-2)16(31-33(27,28)18(20,21)22)11-5-3-4-6-14(11)32(23,25)26/h3-9H,1-2H3. The van der Waals surface area contributed by atoms with Gasteiger partial charge in [0.1, 0.15) is 5.75 Å². The highest BCUT2D eigenvalue weighted by molar-refractivity contribution is 7.93. The van der Waals surface area contributed by atoms with Crippen molar-refractivity contribution in [2.75, 3.05) is 18.5 Å². The number of ether oxygens (including phenoxy) is 2. The minimum Gasteiger partial charge on any atom is -0.497 e. The highest BCUT2D eigenvalue weighted by Gasteiger charge is 2.52. The van der Waals surface area contributed by atoms with Crippen molar-refractivity contribution < 1.29 is 48.5 Å². The van der Waals surface area contributed by atoms with Crippen LogP contribution in [0.1, 0.15) is 5.56 Å². The highest BCUT2D eigenvalue weighted by atomic mass is 35.5. The molecule has 1 aliphatic rings. The lowest BCUT2D eigenvalue weighted by molar-refractivity contribution is -0.136. The third kappa shape index (κ3) is 4.20. The summed E-state index contributed by atoms with van der Waals surface area (Å²) < 4.78 is 104. The Morgan fingerprint density at radius 3 is 2.27 bits per heavy atom. The van der Waals surface area contributed by atoms with Crippen molar-refractivity contribution in [1.29, 1.82) is 0 Å². The average molecular weight is 528 g/mol. The number of hydrogen-bond acceptors (Lipinski definition) is 8. The monoisotopic (exact) mass is 527 g/mol. The molecule has 0 unspecified atom stereocenters. The van der Waals surface area contributed by atoms with Gasteiger partial charge in [-0.15, -0.1) is 0 Å². The van der Waals surface area contributed by atoms with Crippen LogP contribution in [0.2, 0.25) is 5.02 Å². The Balaban J connectivity index is 2.45. The number of esters is 1. The molecule has 1 aliphatic heterocycles. The Bertz CT molecular complexity index is 1370. The van der Waals surface area contributed by atoms with E-state index in [9.17, 15) is 34.8 Å².